The van der Waals surface area contributed by atoms with Gasteiger partial charge in [-0.25, -0.2) is 0 Å². The summed E-state index contributed by atoms with van der Waals surface area (Å²) in [5.41, 5.74) is 4.83. The third kappa shape index (κ3) is 6.03. The second kappa shape index (κ2) is 7.67. The largest absolute Gasteiger partial charge is 0.481 e. The molecule has 0 spiro atoms. The second-order valence-electron chi connectivity index (χ2n) is 5.61. The smallest absolute Gasteiger partial charge is 0.311 e. The van der Waals surface area contributed by atoms with Crippen LogP contribution in [0.1, 0.15) is 40.5 Å². The molecule has 0 heterocycles. The molecule has 0 aliphatic carbocycles. The zero-order valence-electron chi connectivity index (χ0n) is 11.5. The van der Waals surface area contributed by atoms with E-state index >= 15 is 0 Å². The number of rotatable bonds is 9. The minimum atomic E-state index is -0.828. The normalized spacial score (nSPS) is 15.2. The first-order valence-corrected chi connectivity index (χ1v) is 6.35. The van der Waals surface area contributed by atoms with Gasteiger partial charge in [0.25, 0.3) is 0 Å². The maximum atomic E-state index is 11.4. The zero-order chi connectivity index (χ0) is 13.5. The molecule has 0 rings (SSSR count). The van der Waals surface area contributed by atoms with Crippen molar-refractivity contribution in [2.45, 2.75) is 40.5 Å². The molecule has 4 heteroatoms. The van der Waals surface area contributed by atoms with Crippen LogP contribution in [0.5, 0.6) is 0 Å². The molecule has 1 atom stereocenters. The summed E-state index contributed by atoms with van der Waals surface area (Å²) in [7, 11) is 0. The molecule has 17 heavy (non-hydrogen) atoms. The Hall–Kier alpha value is -0.610. The van der Waals surface area contributed by atoms with Crippen molar-refractivity contribution in [3.05, 3.63) is 0 Å². The summed E-state index contributed by atoms with van der Waals surface area (Å²) in [6, 6.07) is 0. The van der Waals surface area contributed by atoms with Crippen molar-refractivity contribution in [2.75, 3.05) is 19.8 Å². The number of nitrogens with two attached hydrogens (primary N) is 1. The molecule has 0 aromatic carbocycles. The van der Waals surface area contributed by atoms with Crippen LogP contribution >= 0.6 is 0 Å². The fraction of sp³-hybridized carbons (Fsp3) is 0.923. The summed E-state index contributed by atoms with van der Waals surface area (Å²) in [5.74, 6) is -0.0150. The Morgan fingerprint density at radius 3 is 2.24 bits per heavy atom. The zero-order valence-corrected chi connectivity index (χ0v) is 11.5. The van der Waals surface area contributed by atoms with Crippen LogP contribution in [0.3, 0.4) is 0 Å². The van der Waals surface area contributed by atoms with Crippen molar-refractivity contribution in [1.29, 1.82) is 0 Å². The molecule has 102 valence electrons. The maximum Gasteiger partial charge on any atom is 0.311 e. The Morgan fingerprint density at radius 2 is 1.88 bits per heavy atom. The fourth-order valence-corrected chi connectivity index (χ4v) is 1.94. The molecule has 1 unspecified atom stereocenters. The van der Waals surface area contributed by atoms with Gasteiger partial charge in [0, 0.05) is 19.8 Å². The SMILES string of the molecule is CC(C)COCCC(CN)(CC(C)C)C(=O)O. The van der Waals surface area contributed by atoms with Gasteiger partial charge in [0.1, 0.15) is 0 Å². The van der Waals surface area contributed by atoms with E-state index in [2.05, 4.69) is 13.8 Å². The Labute approximate surface area is 105 Å². The monoisotopic (exact) mass is 245 g/mol. The van der Waals surface area contributed by atoms with Gasteiger partial charge in [-0.05, 0) is 24.7 Å². The predicted molar refractivity (Wildman–Crippen MR) is 68.9 cm³/mol. The Kier molecular flexibility index (Phi) is 7.39. The third-order valence-corrected chi connectivity index (χ3v) is 2.82. The van der Waals surface area contributed by atoms with Gasteiger partial charge in [0.2, 0.25) is 0 Å². The average molecular weight is 245 g/mol. The highest BCUT2D eigenvalue weighted by Gasteiger charge is 2.37. The van der Waals surface area contributed by atoms with Gasteiger partial charge in [-0.3, -0.25) is 4.79 Å². The molecule has 0 aliphatic rings. The van der Waals surface area contributed by atoms with Crippen LogP contribution in [0.15, 0.2) is 0 Å². The van der Waals surface area contributed by atoms with Crippen molar-refractivity contribution in [3.8, 4) is 0 Å². The first kappa shape index (κ1) is 16.4. The van der Waals surface area contributed by atoms with Crippen LogP contribution in [0.25, 0.3) is 0 Å². The molecule has 0 fully saturated rings. The van der Waals surface area contributed by atoms with Gasteiger partial charge in [0.05, 0.1) is 5.41 Å². The second-order valence-corrected chi connectivity index (χ2v) is 5.61. The van der Waals surface area contributed by atoms with Crippen molar-refractivity contribution < 1.29 is 14.6 Å². The summed E-state index contributed by atoms with van der Waals surface area (Å²) in [4.78, 5) is 11.4. The standard InChI is InChI=1S/C13H27NO3/c1-10(2)7-13(9-14,12(15)16)5-6-17-8-11(3)4/h10-11H,5-9,14H2,1-4H3,(H,15,16). The van der Waals surface area contributed by atoms with Gasteiger partial charge in [-0.1, -0.05) is 27.7 Å². The van der Waals surface area contributed by atoms with Gasteiger partial charge >= 0.3 is 5.97 Å². The van der Waals surface area contributed by atoms with E-state index < -0.39 is 11.4 Å². The lowest BCUT2D eigenvalue weighted by atomic mass is 9.77. The third-order valence-electron chi connectivity index (χ3n) is 2.82. The van der Waals surface area contributed by atoms with Gasteiger partial charge in [0.15, 0.2) is 0 Å². The summed E-state index contributed by atoms with van der Waals surface area (Å²) >= 11 is 0. The van der Waals surface area contributed by atoms with E-state index in [9.17, 15) is 9.90 Å². The number of carbonyl (C=O) groups is 1. The van der Waals surface area contributed by atoms with E-state index in [1.165, 1.54) is 0 Å². The lowest BCUT2D eigenvalue weighted by Crippen LogP contribution is -2.41. The average Bonchev–Trinajstić information content (AvgIpc) is 2.21. The summed E-state index contributed by atoms with van der Waals surface area (Å²) in [6.45, 7) is 9.48. The van der Waals surface area contributed by atoms with Crippen LogP contribution in [0, 0.1) is 17.3 Å². The van der Waals surface area contributed by atoms with Gasteiger partial charge in [-0.2, -0.15) is 0 Å². The minimum absolute atomic E-state index is 0.172. The fourth-order valence-electron chi connectivity index (χ4n) is 1.94. The van der Waals surface area contributed by atoms with E-state index in [1.807, 2.05) is 13.8 Å². The van der Waals surface area contributed by atoms with Crippen LogP contribution in [-0.2, 0) is 9.53 Å². The topological polar surface area (TPSA) is 72.5 Å². The Balaban J connectivity index is 4.33. The number of ether oxygens (including phenoxy) is 1. The summed E-state index contributed by atoms with van der Waals surface area (Å²) < 4.78 is 5.47. The van der Waals surface area contributed by atoms with Crippen molar-refractivity contribution in [1.82, 2.24) is 0 Å². The predicted octanol–water partition coefficient (Wildman–Crippen LogP) is 2.12. The molecule has 4 nitrogen and oxygen atoms in total. The van der Waals surface area contributed by atoms with Crippen molar-refractivity contribution >= 4 is 5.97 Å². The van der Waals surface area contributed by atoms with Crippen LogP contribution in [0.2, 0.25) is 0 Å². The van der Waals surface area contributed by atoms with E-state index in [4.69, 9.17) is 10.5 Å². The van der Waals surface area contributed by atoms with Crippen molar-refractivity contribution in [2.24, 2.45) is 23.0 Å². The van der Waals surface area contributed by atoms with Crippen molar-refractivity contribution in [3.63, 3.8) is 0 Å². The highest BCUT2D eigenvalue weighted by atomic mass is 16.5. The quantitative estimate of drug-likeness (QED) is 0.610. The first-order chi connectivity index (χ1) is 7.84. The van der Waals surface area contributed by atoms with Gasteiger partial charge in [-0.15, -0.1) is 0 Å². The van der Waals surface area contributed by atoms with E-state index in [-0.39, 0.29) is 6.54 Å². The number of carboxylic acid groups (broad SMARTS) is 1. The lowest BCUT2D eigenvalue weighted by molar-refractivity contribution is -0.150. The van der Waals surface area contributed by atoms with Crippen LogP contribution in [-0.4, -0.2) is 30.8 Å². The Bertz CT molecular complexity index is 229. The lowest BCUT2D eigenvalue weighted by Gasteiger charge is -2.29. The number of hydrogen-bond acceptors (Lipinski definition) is 3. The molecule has 0 aromatic rings. The van der Waals surface area contributed by atoms with Gasteiger partial charge < -0.3 is 15.6 Å². The molecule has 0 amide bonds. The van der Waals surface area contributed by atoms with E-state index in [1.54, 1.807) is 0 Å². The highest BCUT2D eigenvalue weighted by Crippen LogP contribution is 2.30. The minimum Gasteiger partial charge on any atom is -0.481 e. The van der Waals surface area contributed by atoms with E-state index in [0.717, 1.165) is 0 Å². The van der Waals surface area contributed by atoms with E-state index in [0.29, 0.717) is 37.9 Å². The maximum absolute atomic E-state index is 11.4. The molecule has 3 N–H and O–H groups in total. The number of hydrogen-bond donors (Lipinski definition) is 2. The molecule has 0 aliphatic heterocycles. The molecule has 0 radical (unpaired) electrons. The molecular formula is C13H27NO3. The highest BCUT2D eigenvalue weighted by molar-refractivity contribution is 5.75. The molecule has 0 bridgehead atoms. The molecule has 0 aromatic heterocycles. The number of carboxylic acids is 1. The summed E-state index contributed by atoms with van der Waals surface area (Å²) in [6.07, 6.45) is 1.09. The molecule has 0 saturated heterocycles. The molecule has 0 saturated carbocycles. The Morgan fingerprint density at radius 1 is 1.29 bits per heavy atom. The number of aliphatic carboxylic acids is 1. The molecular weight excluding hydrogens is 218 g/mol. The summed E-state index contributed by atoms with van der Waals surface area (Å²) in [5, 5.41) is 9.35. The first-order valence-electron chi connectivity index (χ1n) is 6.35. The van der Waals surface area contributed by atoms with Crippen LogP contribution < -0.4 is 5.73 Å². The van der Waals surface area contributed by atoms with Crippen LogP contribution in [0.4, 0.5) is 0 Å².